The zero-order valence-corrected chi connectivity index (χ0v) is 10.3. The Labute approximate surface area is 97.7 Å². The van der Waals surface area contributed by atoms with Gasteiger partial charge in [0.2, 0.25) is 0 Å². The van der Waals surface area contributed by atoms with E-state index in [0.29, 0.717) is 19.6 Å². The third-order valence-corrected chi connectivity index (χ3v) is 1.88. The lowest BCUT2D eigenvalue weighted by molar-refractivity contribution is 0.0250. The average molecular weight is 238 g/mol. The van der Waals surface area contributed by atoms with Crippen molar-refractivity contribution in [2.75, 3.05) is 26.4 Å². The summed E-state index contributed by atoms with van der Waals surface area (Å²) in [5.74, 6) is 0. The van der Waals surface area contributed by atoms with Gasteiger partial charge in [0, 0.05) is 0 Å². The van der Waals surface area contributed by atoms with E-state index in [1.165, 1.54) is 0 Å². The van der Waals surface area contributed by atoms with Crippen LogP contribution in [0.2, 0.25) is 0 Å². The van der Waals surface area contributed by atoms with E-state index in [2.05, 4.69) is 11.7 Å². The molecule has 0 saturated carbocycles. The monoisotopic (exact) mass is 238 g/mol. The third-order valence-electron chi connectivity index (χ3n) is 1.88. The summed E-state index contributed by atoms with van der Waals surface area (Å²) in [6, 6.07) is 0. The van der Waals surface area contributed by atoms with Gasteiger partial charge in [0.1, 0.15) is 0 Å². The molecule has 0 amide bonds. The zero-order valence-electron chi connectivity index (χ0n) is 10.3. The summed E-state index contributed by atoms with van der Waals surface area (Å²) in [5, 5.41) is 34.0. The van der Waals surface area contributed by atoms with Crippen LogP contribution in [0.5, 0.6) is 0 Å². The first-order valence-corrected chi connectivity index (χ1v) is 5.75. The van der Waals surface area contributed by atoms with E-state index in [9.17, 15) is 0 Å². The summed E-state index contributed by atoms with van der Waals surface area (Å²) in [6.07, 6.45) is 1.69. The molecule has 100 valence electrons. The Kier molecular flexibility index (Phi) is 16.8. The highest BCUT2D eigenvalue weighted by molar-refractivity contribution is 4.60. The number of aliphatic hydroxyl groups excluding tert-OH is 4. The zero-order chi connectivity index (χ0) is 12.8. The highest BCUT2D eigenvalue weighted by atomic mass is 16.5. The van der Waals surface area contributed by atoms with E-state index < -0.39 is 12.2 Å². The van der Waals surface area contributed by atoms with E-state index in [1.54, 1.807) is 6.92 Å². The smallest absolute Gasteiger partial charge is 0.0796 e. The number of unbranched alkanes of at least 4 members (excludes halogenated alkanes) is 1. The Morgan fingerprint density at radius 1 is 1.06 bits per heavy atom. The van der Waals surface area contributed by atoms with Gasteiger partial charge in [0.25, 0.3) is 0 Å². The van der Waals surface area contributed by atoms with Crippen molar-refractivity contribution in [1.82, 2.24) is 0 Å². The second-order valence-corrected chi connectivity index (χ2v) is 3.51. The standard InChI is InChI=1S/C7H16O2.C4H10O3/c1-3-4-5-7(9)6(2)8;5-1-3-7-4-2-6/h6-9H,3-5H2,1-2H3;5-6H,1-4H2. The second kappa shape index (κ2) is 14.8. The molecular weight excluding hydrogens is 212 g/mol. The van der Waals surface area contributed by atoms with Gasteiger partial charge in [-0.1, -0.05) is 19.8 Å². The van der Waals surface area contributed by atoms with Crippen molar-refractivity contribution in [1.29, 1.82) is 0 Å². The van der Waals surface area contributed by atoms with E-state index in [0.717, 1.165) is 12.8 Å². The molecule has 0 bridgehead atoms. The molecule has 5 nitrogen and oxygen atoms in total. The maximum absolute atomic E-state index is 9.01. The fourth-order valence-electron chi connectivity index (χ4n) is 0.886. The molecule has 0 aromatic carbocycles. The van der Waals surface area contributed by atoms with Gasteiger partial charge >= 0.3 is 0 Å². The Balaban J connectivity index is 0. The molecule has 0 aliphatic rings. The largest absolute Gasteiger partial charge is 0.394 e. The van der Waals surface area contributed by atoms with Crippen LogP contribution < -0.4 is 0 Å². The SMILES string of the molecule is CCCCC(O)C(C)O.OCCOCCO. The van der Waals surface area contributed by atoms with Crippen LogP contribution in [0.3, 0.4) is 0 Å². The van der Waals surface area contributed by atoms with Gasteiger partial charge in [-0.25, -0.2) is 0 Å². The molecule has 0 aliphatic heterocycles. The number of hydrogen-bond donors (Lipinski definition) is 4. The summed E-state index contributed by atoms with van der Waals surface area (Å²) in [4.78, 5) is 0. The first-order chi connectivity index (χ1) is 7.59. The summed E-state index contributed by atoms with van der Waals surface area (Å²) in [6.45, 7) is 4.37. The first-order valence-electron chi connectivity index (χ1n) is 5.75. The lowest BCUT2D eigenvalue weighted by atomic mass is 10.1. The van der Waals surface area contributed by atoms with Gasteiger partial charge in [-0.05, 0) is 13.3 Å². The highest BCUT2D eigenvalue weighted by Gasteiger charge is 2.08. The van der Waals surface area contributed by atoms with Gasteiger partial charge in [0.05, 0.1) is 38.6 Å². The van der Waals surface area contributed by atoms with Crippen LogP contribution in [-0.2, 0) is 4.74 Å². The van der Waals surface area contributed by atoms with Crippen molar-refractivity contribution in [3.05, 3.63) is 0 Å². The minimum Gasteiger partial charge on any atom is -0.394 e. The first kappa shape index (κ1) is 18.2. The topological polar surface area (TPSA) is 90.2 Å². The maximum Gasteiger partial charge on any atom is 0.0796 e. The third kappa shape index (κ3) is 16.2. The van der Waals surface area contributed by atoms with Gasteiger partial charge < -0.3 is 25.2 Å². The fraction of sp³-hybridized carbons (Fsp3) is 1.00. The summed E-state index contributed by atoms with van der Waals surface area (Å²) < 4.78 is 4.63. The molecular formula is C11H26O5. The predicted molar refractivity (Wildman–Crippen MR) is 62.2 cm³/mol. The Morgan fingerprint density at radius 2 is 1.56 bits per heavy atom. The minimum absolute atomic E-state index is 0.0278. The van der Waals surface area contributed by atoms with Gasteiger partial charge in [0.15, 0.2) is 0 Å². The summed E-state index contributed by atoms with van der Waals surface area (Å²) >= 11 is 0. The molecule has 0 rings (SSSR count). The van der Waals surface area contributed by atoms with Crippen LogP contribution in [0.4, 0.5) is 0 Å². The van der Waals surface area contributed by atoms with Crippen LogP contribution in [0.25, 0.3) is 0 Å². The van der Waals surface area contributed by atoms with Crippen LogP contribution in [0.1, 0.15) is 33.1 Å². The summed E-state index contributed by atoms with van der Waals surface area (Å²) in [5.41, 5.74) is 0. The number of hydrogen-bond acceptors (Lipinski definition) is 5. The lowest BCUT2D eigenvalue weighted by Gasteiger charge is -2.11. The van der Waals surface area contributed by atoms with E-state index in [-0.39, 0.29) is 13.2 Å². The molecule has 16 heavy (non-hydrogen) atoms. The Morgan fingerprint density at radius 3 is 1.88 bits per heavy atom. The number of rotatable bonds is 8. The predicted octanol–water partition coefficient (Wildman–Crippen LogP) is -0.0941. The lowest BCUT2D eigenvalue weighted by Crippen LogP contribution is -2.21. The fourth-order valence-corrected chi connectivity index (χ4v) is 0.886. The van der Waals surface area contributed by atoms with Gasteiger partial charge in [-0.2, -0.15) is 0 Å². The highest BCUT2D eigenvalue weighted by Crippen LogP contribution is 2.03. The van der Waals surface area contributed by atoms with Crippen molar-refractivity contribution < 1.29 is 25.2 Å². The van der Waals surface area contributed by atoms with Crippen LogP contribution in [-0.4, -0.2) is 59.1 Å². The molecule has 4 N–H and O–H groups in total. The van der Waals surface area contributed by atoms with Crippen molar-refractivity contribution in [3.63, 3.8) is 0 Å². The molecule has 0 aromatic heterocycles. The van der Waals surface area contributed by atoms with Crippen molar-refractivity contribution in [2.24, 2.45) is 0 Å². The maximum atomic E-state index is 9.01. The number of aliphatic hydroxyl groups is 4. The Hall–Kier alpha value is -0.200. The molecule has 5 heteroatoms. The minimum atomic E-state index is -0.573. The van der Waals surface area contributed by atoms with Gasteiger partial charge in [-0.15, -0.1) is 0 Å². The van der Waals surface area contributed by atoms with Crippen LogP contribution in [0, 0.1) is 0 Å². The molecule has 0 saturated heterocycles. The Bertz CT molecular complexity index is 115. The van der Waals surface area contributed by atoms with Crippen molar-refractivity contribution in [2.45, 2.75) is 45.3 Å². The number of ether oxygens (including phenoxy) is 1. The normalized spacial score (nSPS) is 13.9. The van der Waals surface area contributed by atoms with Crippen molar-refractivity contribution in [3.8, 4) is 0 Å². The molecule has 0 fully saturated rings. The van der Waals surface area contributed by atoms with Crippen LogP contribution >= 0.6 is 0 Å². The van der Waals surface area contributed by atoms with Gasteiger partial charge in [-0.3, -0.25) is 0 Å². The second-order valence-electron chi connectivity index (χ2n) is 3.51. The molecule has 0 radical (unpaired) electrons. The average Bonchev–Trinajstić information content (AvgIpc) is 2.27. The van der Waals surface area contributed by atoms with E-state index in [1.807, 2.05) is 0 Å². The quantitative estimate of drug-likeness (QED) is 0.444. The van der Waals surface area contributed by atoms with E-state index >= 15 is 0 Å². The van der Waals surface area contributed by atoms with E-state index in [4.69, 9.17) is 20.4 Å². The van der Waals surface area contributed by atoms with Crippen LogP contribution in [0.15, 0.2) is 0 Å². The molecule has 2 unspecified atom stereocenters. The summed E-state index contributed by atoms with van der Waals surface area (Å²) in [7, 11) is 0. The van der Waals surface area contributed by atoms with Crippen molar-refractivity contribution >= 4 is 0 Å². The molecule has 2 atom stereocenters. The molecule has 0 spiro atoms. The molecule has 0 heterocycles. The molecule has 0 aliphatic carbocycles. The molecule has 0 aromatic rings.